The van der Waals surface area contributed by atoms with Crippen LogP contribution in [0.3, 0.4) is 0 Å². The van der Waals surface area contributed by atoms with E-state index in [4.69, 9.17) is 21.1 Å². The molecule has 1 amide bonds. The van der Waals surface area contributed by atoms with Crippen LogP contribution < -0.4 is 0 Å². The third kappa shape index (κ3) is 5.04. The van der Waals surface area contributed by atoms with E-state index in [1.165, 1.54) is 22.7 Å². The van der Waals surface area contributed by atoms with Crippen LogP contribution in [0.1, 0.15) is 27.4 Å². The van der Waals surface area contributed by atoms with Crippen LogP contribution in [-0.2, 0) is 17.1 Å². The highest BCUT2D eigenvalue weighted by Gasteiger charge is 2.16. The first-order valence-corrected chi connectivity index (χ1v) is 8.79. The Bertz CT molecular complexity index is 744. The molecule has 24 heavy (non-hydrogen) atoms. The van der Waals surface area contributed by atoms with E-state index in [1.807, 2.05) is 24.3 Å². The van der Waals surface area contributed by atoms with Crippen molar-refractivity contribution in [2.75, 3.05) is 12.8 Å². The predicted molar refractivity (Wildman–Crippen MR) is 94.5 cm³/mol. The summed E-state index contributed by atoms with van der Waals surface area (Å²) in [6, 6.07) is 8.99. The number of benzene rings is 1. The number of furan rings is 1. The minimum atomic E-state index is -1.03. The van der Waals surface area contributed by atoms with Crippen molar-refractivity contribution in [3.8, 4) is 0 Å². The molecule has 1 aromatic heterocycles. The van der Waals surface area contributed by atoms with Crippen molar-refractivity contribution in [3.05, 3.63) is 58.0 Å². The number of aryl methyl sites for hydroxylation is 1. The Morgan fingerprint density at radius 2 is 2.08 bits per heavy atom. The van der Waals surface area contributed by atoms with Crippen LogP contribution in [0.2, 0.25) is 5.02 Å². The zero-order valence-corrected chi connectivity index (χ0v) is 15.0. The van der Waals surface area contributed by atoms with Gasteiger partial charge >= 0.3 is 5.97 Å². The Hall–Kier alpha value is -1.92. The second-order valence-corrected chi connectivity index (χ2v) is 6.78. The van der Waals surface area contributed by atoms with Gasteiger partial charge in [0.05, 0.1) is 12.3 Å². The SMILES string of the molecule is Cc1oc(CN(C)C(=O)CSCc2cccc(Cl)c2)cc1C(=O)O. The minimum absolute atomic E-state index is 0.0482. The molecule has 0 spiro atoms. The molecular weight excluding hydrogens is 350 g/mol. The number of rotatable bonds is 7. The van der Waals surface area contributed by atoms with Gasteiger partial charge in [-0.2, -0.15) is 0 Å². The van der Waals surface area contributed by atoms with Crippen molar-refractivity contribution in [2.45, 2.75) is 19.2 Å². The fourth-order valence-corrected chi connectivity index (χ4v) is 3.27. The molecule has 0 atom stereocenters. The average molecular weight is 368 g/mol. The molecule has 0 bridgehead atoms. The molecular formula is C17H18ClNO4S. The number of thioether (sulfide) groups is 1. The van der Waals surface area contributed by atoms with E-state index in [2.05, 4.69) is 0 Å². The van der Waals surface area contributed by atoms with Gasteiger partial charge < -0.3 is 14.4 Å². The lowest BCUT2D eigenvalue weighted by Gasteiger charge is -2.15. The van der Waals surface area contributed by atoms with E-state index in [0.29, 0.717) is 28.0 Å². The van der Waals surface area contributed by atoms with E-state index >= 15 is 0 Å². The summed E-state index contributed by atoms with van der Waals surface area (Å²) in [7, 11) is 1.67. The highest BCUT2D eigenvalue weighted by molar-refractivity contribution is 7.99. The Morgan fingerprint density at radius 1 is 1.33 bits per heavy atom. The van der Waals surface area contributed by atoms with Crippen LogP contribution in [0.5, 0.6) is 0 Å². The van der Waals surface area contributed by atoms with Crippen LogP contribution >= 0.6 is 23.4 Å². The summed E-state index contributed by atoms with van der Waals surface area (Å²) in [5.74, 6) is 0.744. The molecule has 5 nitrogen and oxygen atoms in total. The van der Waals surface area contributed by atoms with Gasteiger partial charge in [0.2, 0.25) is 5.91 Å². The molecule has 0 unspecified atom stereocenters. The van der Waals surface area contributed by atoms with Crippen molar-refractivity contribution in [2.24, 2.45) is 0 Å². The fourth-order valence-electron chi connectivity index (χ4n) is 2.15. The summed E-state index contributed by atoms with van der Waals surface area (Å²) >= 11 is 7.43. The van der Waals surface area contributed by atoms with Crippen molar-refractivity contribution in [3.63, 3.8) is 0 Å². The number of halogens is 1. The predicted octanol–water partition coefficient (Wildman–Crippen LogP) is 3.83. The fraction of sp³-hybridized carbons (Fsp3) is 0.294. The zero-order valence-electron chi connectivity index (χ0n) is 13.4. The van der Waals surface area contributed by atoms with Gasteiger partial charge in [-0.3, -0.25) is 4.79 Å². The summed E-state index contributed by atoms with van der Waals surface area (Å²) < 4.78 is 5.39. The Balaban J connectivity index is 1.84. The number of carboxylic acids is 1. The van der Waals surface area contributed by atoms with Gasteiger partial charge in [-0.1, -0.05) is 23.7 Å². The summed E-state index contributed by atoms with van der Waals surface area (Å²) in [5, 5.41) is 9.69. The van der Waals surface area contributed by atoms with Gasteiger partial charge in [0, 0.05) is 17.8 Å². The third-order valence-electron chi connectivity index (χ3n) is 3.40. The molecule has 1 heterocycles. The second-order valence-electron chi connectivity index (χ2n) is 5.36. The molecule has 0 aliphatic rings. The number of hydrogen-bond acceptors (Lipinski definition) is 4. The van der Waals surface area contributed by atoms with Crippen molar-refractivity contribution < 1.29 is 19.1 Å². The molecule has 1 N–H and O–H groups in total. The van der Waals surface area contributed by atoms with E-state index < -0.39 is 5.97 Å². The topological polar surface area (TPSA) is 70.8 Å². The Kier molecular flexibility index (Phi) is 6.34. The van der Waals surface area contributed by atoms with Crippen molar-refractivity contribution >= 4 is 35.2 Å². The number of carbonyl (C=O) groups is 2. The smallest absolute Gasteiger partial charge is 0.339 e. The van der Waals surface area contributed by atoms with E-state index in [9.17, 15) is 9.59 Å². The van der Waals surface area contributed by atoms with E-state index in [1.54, 1.807) is 14.0 Å². The molecule has 128 valence electrons. The number of carboxylic acid groups (broad SMARTS) is 1. The minimum Gasteiger partial charge on any atom is -0.478 e. The molecule has 1 aromatic carbocycles. The highest BCUT2D eigenvalue weighted by Crippen LogP contribution is 2.18. The lowest BCUT2D eigenvalue weighted by atomic mass is 10.2. The molecule has 0 aliphatic carbocycles. The number of amides is 1. The maximum absolute atomic E-state index is 12.2. The van der Waals surface area contributed by atoms with E-state index in [0.717, 1.165) is 5.56 Å². The standard InChI is InChI=1S/C17H18ClNO4S/c1-11-15(17(21)22)7-14(23-11)8-19(2)16(20)10-24-9-12-4-3-5-13(18)6-12/h3-7H,8-10H2,1-2H3,(H,21,22). The van der Waals surface area contributed by atoms with Gasteiger partial charge in [0.1, 0.15) is 17.1 Å². The van der Waals surface area contributed by atoms with Gasteiger partial charge in [0.25, 0.3) is 0 Å². The number of aromatic carboxylic acids is 1. The quantitative estimate of drug-likeness (QED) is 0.805. The molecule has 7 heteroatoms. The largest absolute Gasteiger partial charge is 0.478 e. The normalized spacial score (nSPS) is 10.6. The van der Waals surface area contributed by atoms with Crippen LogP contribution in [0.15, 0.2) is 34.7 Å². The molecule has 0 aliphatic heterocycles. The number of nitrogens with zero attached hydrogens (tertiary/aromatic N) is 1. The van der Waals surface area contributed by atoms with Crippen molar-refractivity contribution in [1.29, 1.82) is 0 Å². The maximum Gasteiger partial charge on any atom is 0.339 e. The molecule has 0 saturated carbocycles. The zero-order chi connectivity index (χ0) is 17.7. The van der Waals surface area contributed by atoms with Gasteiger partial charge in [0.15, 0.2) is 0 Å². The lowest BCUT2D eigenvalue weighted by molar-refractivity contribution is -0.127. The summed E-state index contributed by atoms with van der Waals surface area (Å²) in [5.41, 5.74) is 1.19. The molecule has 2 rings (SSSR count). The monoisotopic (exact) mass is 367 g/mol. The van der Waals surface area contributed by atoms with E-state index in [-0.39, 0.29) is 18.0 Å². The van der Waals surface area contributed by atoms with Crippen LogP contribution in [0.4, 0.5) is 0 Å². The molecule has 0 saturated heterocycles. The number of hydrogen-bond donors (Lipinski definition) is 1. The Labute approximate surface area is 149 Å². The summed E-state index contributed by atoms with van der Waals surface area (Å²) in [4.78, 5) is 24.7. The van der Waals surface area contributed by atoms with Gasteiger partial charge in [-0.25, -0.2) is 4.79 Å². The number of carbonyl (C=O) groups excluding carboxylic acids is 1. The summed E-state index contributed by atoms with van der Waals surface area (Å²) in [6.07, 6.45) is 0. The third-order valence-corrected chi connectivity index (χ3v) is 4.62. The highest BCUT2D eigenvalue weighted by atomic mass is 35.5. The van der Waals surface area contributed by atoms with Gasteiger partial charge in [-0.15, -0.1) is 11.8 Å². The van der Waals surface area contributed by atoms with Gasteiger partial charge in [-0.05, 0) is 30.7 Å². The summed E-state index contributed by atoms with van der Waals surface area (Å²) in [6.45, 7) is 1.83. The first-order valence-electron chi connectivity index (χ1n) is 7.25. The lowest BCUT2D eigenvalue weighted by Crippen LogP contribution is -2.27. The first-order chi connectivity index (χ1) is 11.4. The maximum atomic E-state index is 12.2. The molecule has 0 radical (unpaired) electrons. The van der Waals surface area contributed by atoms with Crippen LogP contribution in [0.25, 0.3) is 0 Å². The van der Waals surface area contributed by atoms with Crippen LogP contribution in [0, 0.1) is 6.92 Å². The first kappa shape index (κ1) is 18.4. The second kappa shape index (κ2) is 8.26. The average Bonchev–Trinajstić information content (AvgIpc) is 2.88. The molecule has 2 aromatic rings. The molecule has 0 fully saturated rings. The van der Waals surface area contributed by atoms with Crippen molar-refractivity contribution in [1.82, 2.24) is 4.90 Å². The Morgan fingerprint density at radius 3 is 2.71 bits per heavy atom. The van der Waals surface area contributed by atoms with Crippen LogP contribution in [-0.4, -0.2) is 34.7 Å².